The Morgan fingerprint density at radius 1 is 1.17 bits per heavy atom. The molecule has 1 unspecified atom stereocenters. The summed E-state index contributed by atoms with van der Waals surface area (Å²) >= 11 is 0. The second kappa shape index (κ2) is 7.10. The first kappa shape index (κ1) is 16.0. The van der Waals surface area contributed by atoms with Gasteiger partial charge in [-0.3, -0.25) is 9.59 Å². The van der Waals surface area contributed by atoms with Gasteiger partial charge in [0.25, 0.3) is 0 Å². The minimum absolute atomic E-state index is 0.133. The van der Waals surface area contributed by atoms with Crippen LogP contribution in [0.25, 0.3) is 0 Å². The monoisotopic (exact) mass is 320 g/mol. The first-order chi connectivity index (χ1) is 11.2. The minimum atomic E-state index is 0.133. The van der Waals surface area contributed by atoms with Crippen LogP contribution in [0.4, 0.5) is 0 Å². The molecule has 2 fully saturated rings. The van der Waals surface area contributed by atoms with Gasteiger partial charge in [-0.1, -0.05) is 12.1 Å². The average molecular weight is 320 g/mol. The van der Waals surface area contributed by atoms with E-state index in [-0.39, 0.29) is 17.7 Å². The molecule has 126 valence electrons. The SMILES string of the molecule is CCc1noc(C2CCC(=O)N(CCCN3CCCC3=O)C2)n1. The smallest absolute Gasteiger partial charge is 0.231 e. The maximum Gasteiger partial charge on any atom is 0.231 e. The van der Waals surface area contributed by atoms with Gasteiger partial charge < -0.3 is 14.3 Å². The van der Waals surface area contributed by atoms with E-state index < -0.39 is 0 Å². The predicted octanol–water partition coefficient (Wildman–Crippen LogP) is 1.35. The zero-order valence-corrected chi connectivity index (χ0v) is 13.7. The van der Waals surface area contributed by atoms with Crippen LogP contribution in [0.15, 0.2) is 4.52 Å². The van der Waals surface area contributed by atoms with Crippen LogP contribution in [0.3, 0.4) is 0 Å². The van der Waals surface area contributed by atoms with Gasteiger partial charge in [0, 0.05) is 45.4 Å². The van der Waals surface area contributed by atoms with Crippen molar-refractivity contribution in [3.8, 4) is 0 Å². The molecule has 2 aliphatic rings. The number of aryl methyl sites for hydroxylation is 1. The van der Waals surface area contributed by atoms with Gasteiger partial charge in [0.15, 0.2) is 5.82 Å². The van der Waals surface area contributed by atoms with Crippen LogP contribution in [0, 0.1) is 0 Å². The standard InChI is InChI=1S/C16H24N4O3/c1-2-13-17-16(23-18-13)12-6-7-15(22)20(11-12)10-4-9-19-8-3-5-14(19)21/h12H,2-11H2,1H3. The average Bonchev–Trinajstić information content (AvgIpc) is 3.18. The summed E-state index contributed by atoms with van der Waals surface area (Å²) in [6.07, 6.45) is 4.50. The van der Waals surface area contributed by atoms with E-state index in [1.54, 1.807) is 0 Å². The van der Waals surface area contributed by atoms with Gasteiger partial charge >= 0.3 is 0 Å². The summed E-state index contributed by atoms with van der Waals surface area (Å²) in [5.41, 5.74) is 0. The molecule has 7 nitrogen and oxygen atoms in total. The molecule has 0 radical (unpaired) electrons. The number of amides is 2. The van der Waals surface area contributed by atoms with Crippen molar-refractivity contribution in [2.45, 2.75) is 51.4 Å². The number of rotatable bonds is 6. The van der Waals surface area contributed by atoms with E-state index in [1.807, 2.05) is 16.7 Å². The number of hydrogen-bond donors (Lipinski definition) is 0. The topological polar surface area (TPSA) is 79.5 Å². The highest BCUT2D eigenvalue weighted by Gasteiger charge is 2.30. The number of aromatic nitrogens is 2. The summed E-state index contributed by atoms with van der Waals surface area (Å²) in [5.74, 6) is 1.93. The zero-order chi connectivity index (χ0) is 16.2. The van der Waals surface area contributed by atoms with Crippen LogP contribution in [0.1, 0.15) is 56.7 Å². The van der Waals surface area contributed by atoms with Crippen LogP contribution in [-0.2, 0) is 16.0 Å². The molecule has 0 saturated carbocycles. The molecule has 1 atom stereocenters. The number of nitrogens with zero attached hydrogens (tertiary/aromatic N) is 4. The molecule has 2 amide bonds. The third-order valence-electron chi connectivity index (χ3n) is 4.68. The molecule has 3 heterocycles. The molecule has 23 heavy (non-hydrogen) atoms. The fourth-order valence-electron chi connectivity index (χ4n) is 3.30. The molecular formula is C16H24N4O3. The third kappa shape index (κ3) is 3.71. The molecule has 0 spiro atoms. The Labute approximate surface area is 136 Å². The minimum Gasteiger partial charge on any atom is -0.343 e. The Morgan fingerprint density at radius 2 is 1.96 bits per heavy atom. The van der Waals surface area contributed by atoms with Gasteiger partial charge in [0.1, 0.15) is 0 Å². The second-order valence-corrected chi connectivity index (χ2v) is 6.32. The molecule has 3 rings (SSSR count). The van der Waals surface area contributed by atoms with E-state index in [1.165, 1.54) is 0 Å². The third-order valence-corrected chi connectivity index (χ3v) is 4.68. The van der Waals surface area contributed by atoms with E-state index in [0.717, 1.165) is 44.6 Å². The van der Waals surface area contributed by atoms with E-state index in [9.17, 15) is 9.59 Å². The summed E-state index contributed by atoms with van der Waals surface area (Å²) in [4.78, 5) is 31.9. The lowest BCUT2D eigenvalue weighted by atomic mass is 9.97. The van der Waals surface area contributed by atoms with Crippen molar-refractivity contribution in [1.82, 2.24) is 19.9 Å². The first-order valence-electron chi connectivity index (χ1n) is 8.55. The lowest BCUT2D eigenvalue weighted by Crippen LogP contribution is -2.40. The Morgan fingerprint density at radius 3 is 2.65 bits per heavy atom. The van der Waals surface area contributed by atoms with Crippen molar-refractivity contribution < 1.29 is 14.1 Å². The molecule has 2 aliphatic heterocycles. The quantitative estimate of drug-likeness (QED) is 0.790. The fraction of sp³-hybridized carbons (Fsp3) is 0.750. The Balaban J connectivity index is 1.51. The molecule has 0 aliphatic carbocycles. The van der Waals surface area contributed by atoms with Gasteiger partial charge in [-0.2, -0.15) is 4.98 Å². The van der Waals surface area contributed by atoms with Crippen molar-refractivity contribution in [1.29, 1.82) is 0 Å². The Hall–Kier alpha value is -1.92. The fourth-order valence-corrected chi connectivity index (χ4v) is 3.30. The van der Waals surface area contributed by atoms with Crippen LogP contribution in [0.5, 0.6) is 0 Å². The molecular weight excluding hydrogens is 296 g/mol. The highest BCUT2D eigenvalue weighted by atomic mass is 16.5. The highest BCUT2D eigenvalue weighted by molar-refractivity contribution is 5.78. The van der Waals surface area contributed by atoms with Crippen molar-refractivity contribution in [2.24, 2.45) is 0 Å². The number of carbonyl (C=O) groups excluding carboxylic acids is 2. The number of carbonyl (C=O) groups is 2. The Kier molecular flexibility index (Phi) is 4.93. The molecule has 1 aromatic rings. The maximum absolute atomic E-state index is 12.1. The number of hydrogen-bond acceptors (Lipinski definition) is 5. The normalized spacial score (nSPS) is 22.2. The van der Waals surface area contributed by atoms with Gasteiger partial charge in [-0.05, 0) is 19.3 Å². The van der Waals surface area contributed by atoms with Crippen molar-refractivity contribution in [3.63, 3.8) is 0 Å². The van der Waals surface area contributed by atoms with Crippen LogP contribution in [0.2, 0.25) is 0 Å². The number of piperidine rings is 1. The molecule has 0 N–H and O–H groups in total. The largest absolute Gasteiger partial charge is 0.343 e. The lowest BCUT2D eigenvalue weighted by molar-refractivity contribution is -0.134. The van der Waals surface area contributed by atoms with E-state index in [0.29, 0.717) is 31.8 Å². The first-order valence-corrected chi connectivity index (χ1v) is 8.55. The molecule has 2 saturated heterocycles. The van der Waals surface area contributed by atoms with Crippen LogP contribution in [-0.4, -0.2) is 57.9 Å². The van der Waals surface area contributed by atoms with Crippen molar-refractivity contribution in [2.75, 3.05) is 26.2 Å². The predicted molar refractivity (Wildman–Crippen MR) is 82.7 cm³/mol. The lowest BCUT2D eigenvalue weighted by Gasteiger charge is -2.31. The second-order valence-electron chi connectivity index (χ2n) is 6.32. The van der Waals surface area contributed by atoms with E-state index in [2.05, 4.69) is 10.1 Å². The Bertz CT molecular complexity index is 571. The maximum atomic E-state index is 12.1. The van der Waals surface area contributed by atoms with Gasteiger partial charge in [0.2, 0.25) is 17.7 Å². The van der Waals surface area contributed by atoms with Crippen LogP contribution >= 0.6 is 0 Å². The number of likely N-dealkylation sites (tertiary alicyclic amines) is 2. The van der Waals surface area contributed by atoms with Crippen LogP contribution < -0.4 is 0 Å². The highest BCUT2D eigenvalue weighted by Crippen LogP contribution is 2.26. The summed E-state index contributed by atoms with van der Waals surface area (Å²) in [6, 6.07) is 0. The van der Waals surface area contributed by atoms with E-state index >= 15 is 0 Å². The molecule has 0 bridgehead atoms. The van der Waals surface area contributed by atoms with Gasteiger partial charge in [-0.25, -0.2) is 0 Å². The zero-order valence-electron chi connectivity index (χ0n) is 13.7. The molecule has 7 heteroatoms. The van der Waals surface area contributed by atoms with Crippen molar-refractivity contribution >= 4 is 11.8 Å². The summed E-state index contributed by atoms with van der Waals surface area (Å²) < 4.78 is 5.33. The summed E-state index contributed by atoms with van der Waals surface area (Å²) in [6.45, 7) is 4.92. The molecule has 1 aromatic heterocycles. The molecule has 0 aromatic carbocycles. The van der Waals surface area contributed by atoms with Gasteiger partial charge in [-0.15, -0.1) is 0 Å². The van der Waals surface area contributed by atoms with E-state index in [4.69, 9.17) is 4.52 Å². The van der Waals surface area contributed by atoms with Gasteiger partial charge in [0.05, 0.1) is 5.92 Å². The summed E-state index contributed by atoms with van der Waals surface area (Å²) in [5, 5.41) is 3.94. The van der Waals surface area contributed by atoms with Crippen molar-refractivity contribution in [3.05, 3.63) is 11.7 Å². The summed E-state index contributed by atoms with van der Waals surface area (Å²) in [7, 11) is 0.